The first kappa shape index (κ1) is 17.4. The van der Waals surface area contributed by atoms with Crippen LogP contribution in [0.4, 0.5) is 0 Å². The lowest BCUT2D eigenvalue weighted by Gasteiger charge is -2.18. The van der Waals surface area contributed by atoms with Gasteiger partial charge >= 0.3 is 11.9 Å². The standard InChI is InChI=1S/C11H16ClNO6/c1-11(2,3)19-8(15)6-18-13-9(7(14)5-12)10(16)17-4/h5-6H2,1-4H3/b13-9+. The lowest BCUT2D eigenvalue weighted by molar-refractivity contribution is -0.160. The molecule has 0 bridgehead atoms. The Hall–Kier alpha value is -1.63. The van der Waals surface area contributed by atoms with Gasteiger partial charge in [-0.2, -0.15) is 0 Å². The summed E-state index contributed by atoms with van der Waals surface area (Å²) in [5, 5.41) is 3.24. The predicted octanol–water partition coefficient (Wildman–Crippen LogP) is 0.682. The van der Waals surface area contributed by atoms with Crippen LogP contribution in [0.25, 0.3) is 0 Å². The van der Waals surface area contributed by atoms with E-state index in [0.717, 1.165) is 7.11 Å². The van der Waals surface area contributed by atoms with E-state index in [1.165, 1.54) is 0 Å². The number of ketones is 1. The topological polar surface area (TPSA) is 91.3 Å². The number of ether oxygens (including phenoxy) is 2. The summed E-state index contributed by atoms with van der Waals surface area (Å²) >= 11 is 5.29. The average Bonchev–Trinajstić information content (AvgIpc) is 2.30. The van der Waals surface area contributed by atoms with E-state index in [9.17, 15) is 14.4 Å². The fourth-order valence-electron chi connectivity index (χ4n) is 0.882. The summed E-state index contributed by atoms with van der Waals surface area (Å²) in [5.74, 6) is -2.89. The highest BCUT2D eigenvalue weighted by atomic mass is 35.5. The van der Waals surface area contributed by atoms with Gasteiger partial charge in [-0.25, -0.2) is 9.59 Å². The summed E-state index contributed by atoms with van der Waals surface area (Å²) < 4.78 is 9.26. The number of Topliss-reactive ketones (excluding diaryl/α,β-unsaturated/α-hetero) is 1. The van der Waals surface area contributed by atoms with E-state index in [-0.39, 0.29) is 0 Å². The summed E-state index contributed by atoms with van der Waals surface area (Å²) in [6, 6.07) is 0. The van der Waals surface area contributed by atoms with Crippen LogP contribution >= 0.6 is 11.6 Å². The van der Waals surface area contributed by atoms with Crippen molar-refractivity contribution in [3.8, 4) is 0 Å². The second-order valence-corrected chi connectivity index (χ2v) is 4.62. The second kappa shape index (κ2) is 7.73. The van der Waals surface area contributed by atoms with Gasteiger partial charge in [0.2, 0.25) is 18.1 Å². The third-order valence-corrected chi connectivity index (χ3v) is 1.77. The number of rotatable bonds is 6. The number of alkyl halides is 1. The van der Waals surface area contributed by atoms with Gasteiger partial charge in [-0.3, -0.25) is 4.79 Å². The molecule has 0 rings (SSSR count). The van der Waals surface area contributed by atoms with Gasteiger partial charge in [0.05, 0.1) is 13.0 Å². The molecule has 0 fully saturated rings. The van der Waals surface area contributed by atoms with E-state index in [2.05, 4.69) is 14.7 Å². The maximum atomic E-state index is 11.3. The van der Waals surface area contributed by atoms with Crippen molar-refractivity contribution in [3.05, 3.63) is 0 Å². The monoisotopic (exact) mass is 293 g/mol. The van der Waals surface area contributed by atoms with Gasteiger partial charge in [0.15, 0.2) is 0 Å². The maximum Gasteiger partial charge on any atom is 0.363 e. The Kier molecular flexibility index (Phi) is 7.06. The van der Waals surface area contributed by atoms with E-state index in [0.29, 0.717) is 0 Å². The summed E-state index contributed by atoms with van der Waals surface area (Å²) in [5.41, 5.74) is -1.28. The first-order chi connectivity index (χ1) is 8.71. The molecule has 7 nitrogen and oxygen atoms in total. The number of hydrogen-bond acceptors (Lipinski definition) is 7. The quantitative estimate of drug-likeness (QED) is 0.235. The van der Waals surface area contributed by atoms with E-state index in [1.807, 2.05) is 0 Å². The van der Waals surface area contributed by atoms with Crippen molar-refractivity contribution in [2.75, 3.05) is 19.6 Å². The van der Waals surface area contributed by atoms with E-state index in [1.54, 1.807) is 20.8 Å². The Bertz CT molecular complexity index is 367. The fourth-order valence-corrected chi connectivity index (χ4v) is 1.01. The van der Waals surface area contributed by atoms with Crippen LogP contribution in [0, 0.1) is 0 Å². The molecule has 19 heavy (non-hydrogen) atoms. The number of methoxy groups -OCH3 is 1. The zero-order valence-corrected chi connectivity index (χ0v) is 11.9. The molecule has 0 saturated carbocycles. The van der Waals surface area contributed by atoms with Crippen molar-refractivity contribution in [1.82, 2.24) is 0 Å². The summed E-state index contributed by atoms with van der Waals surface area (Å²) in [6.07, 6.45) is 0. The Labute approximate surface area is 115 Å². The van der Waals surface area contributed by atoms with Crippen LogP contribution in [0.2, 0.25) is 0 Å². The van der Waals surface area contributed by atoms with E-state index < -0.39 is 41.5 Å². The molecule has 108 valence electrons. The van der Waals surface area contributed by atoms with Crippen molar-refractivity contribution in [3.63, 3.8) is 0 Å². The van der Waals surface area contributed by atoms with E-state index in [4.69, 9.17) is 16.3 Å². The van der Waals surface area contributed by atoms with Gasteiger partial charge in [-0.15, -0.1) is 11.6 Å². The van der Waals surface area contributed by atoms with Crippen molar-refractivity contribution in [2.45, 2.75) is 26.4 Å². The zero-order chi connectivity index (χ0) is 15.1. The number of carbonyl (C=O) groups is 3. The molecule has 0 aromatic carbocycles. The minimum absolute atomic E-state index is 0.455. The molecule has 0 atom stereocenters. The molecule has 0 aliphatic heterocycles. The number of nitrogens with zero attached hydrogens (tertiary/aromatic N) is 1. The first-order valence-corrected chi connectivity index (χ1v) is 5.84. The van der Waals surface area contributed by atoms with Gasteiger partial charge < -0.3 is 14.3 Å². The Morgan fingerprint density at radius 3 is 2.21 bits per heavy atom. The molecule has 0 radical (unpaired) electrons. The summed E-state index contributed by atoms with van der Waals surface area (Å²) in [4.78, 5) is 38.3. The number of oxime groups is 1. The van der Waals surface area contributed by atoms with Gasteiger partial charge in [-0.05, 0) is 20.8 Å². The molecule has 0 aliphatic rings. The highest BCUT2D eigenvalue weighted by molar-refractivity contribution is 6.67. The van der Waals surface area contributed by atoms with Crippen molar-refractivity contribution < 1.29 is 28.7 Å². The number of hydrogen-bond donors (Lipinski definition) is 0. The minimum atomic E-state index is -0.991. The van der Waals surface area contributed by atoms with Crippen LogP contribution in [0.5, 0.6) is 0 Å². The second-order valence-electron chi connectivity index (χ2n) is 4.35. The molecular formula is C11H16ClNO6. The minimum Gasteiger partial charge on any atom is -0.464 e. The first-order valence-electron chi connectivity index (χ1n) is 5.30. The van der Waals surface area contributed by atoms with Crippen LogP contribution in [0.15, 0.2) is 5.16 Å². The molecule has 0 N–H and O–H groups in total. The highest BCUT2D eigenvalue weighted by Crippen LogP contribution is 2.06. The van der Waals surface area contributed by atoms with Gasteiger partial charge in [0.25, 0.3) is 0 Å². The lowest BCUT2D eigenvalue weighted by atomic mass is 10.2. The molecule has 0 amide bonds. The predicted molar refractivity (Wildman–Crippen MR) is 67.0 cm³/mol. The molecule has 0 saturated heterocycles. The largest absolute Gasteiger partial charge is 0.464 e. The SMILES string of the molecule is COC(=O)/C(=N/OCC(=O)OC(C)(C)C)C(=O)CCl. The lowest BCUT2D eigenvalue weighted by Crippen LogP contribution is -2.28. The Morgan fingerprint density at radius 2 is 1.79 bits per heavy atom. The normalized spacial score (nSPS) is 11.7. The third kappa shape index (κ3) is 7.40. The molecule has 0 spiro atoms. The van der Waals surface area contributed by atoms with Crippen LogP contribution in [0.1, 0.15) is 20.8 Å². The van der Waals surface area contributed by atoms with Crippen LogP contribution in [-0.4, -0.2) is 48.6 Å². The van der Waals surface area contributed by atoms with Crippen molar-refractivity contribution in [1.29, 1.82) is 0 Å². The fraction of sp³-hybridized carbons (Fsp3) is 0.636. The summed E-state index contributed by atoms with van der Waals surface area (Å²) in [7, 11) is 1.08. The van der Waals surface area contributed by atoms with Gasteiger partial charge in [-0.1, -0.05) is 5.16 Å². The average molecular weight is 294 g/mol. The van der Waals surface area contributed by atoms with Crippen LogP contribution < -0.4 is 0 Å². The molecular weight excluding hydrogens is 278 g/mol. The maximum absolute atomic E-state index is 11.3. The molecule has 0 aromatic rings. The summed E-state index contributed by atoms with van der Waals surface area (Å²) in [6.45, 7) is 4.52. The Morgan fingerprint density at radius 1 is 1.21 bits per heavy atom. The van der Waals surface area contributed by atoms with Gasteiger partial charge in [0, 0.05) is 0 Å². The number of esters is 2. The molecule has 8 heteroatoms. The molecule has 0 heterocycles. The molecule has 0 aromatic heterocycles. The van der Waals surface area contributed by atoms with Gasteiger partial charge in [0.1, 0.15) is 5.60 Å². The number of carbonyl (C=O) groups excluding carboxylic acids is 3. The molecule has 0 aliphatic carbocycles. The van der Waals surface area contributed by atoms with Crippen LogP contribution in [0.3, 0.4) is 0 Å². The molecule has 0 unspecified atom stereocenters. The van der Waals surface area contributed by atoms with Crippen molar-refractivity contribution in [2.24, 2.45) is 5.16 Å². The zero-order valence-electron chi connectivity index (χ0n) is 11.2. The number of halogens is 1. The van der Waals surface area contributed by atoms with Crippen LogP contribution in [-0.2, 0) is 28.7 Å². The third-order valence-electron chi connectivity index (χ3n) is 1.52. The van der Waals surface area contributed by atoms with Crippen molar-refractivity contribution >= 4 is 35.0 Å². The smallest absolute Gasteiger partial charge is 0.363 e. The Balaban J connectivity index is 4.53. The van der Waals surface area contributed by atoms with E-state index >= 15 is 0 Å². The highest BCUT2D eigenvalue weighted by Gasteiger charge is 2.22.